The number of amides is 1. The van der Waals surface area contributed by atoms with Crippen LogP contribution in [0, 0.1) is 0 Å². The second kappa shape index (κ2) is 6.48. The zero-order chi connectivity index (χ0) is 13.5. The number of nitrogens with zero attached hydrogens (tertiary/aromatic N) is 3. The number of carbonyl (C=O) groups excluding carboxylic acids is 1. The van der Waals surface area contributed by atoms with Gasteiger partial charge in [-0.25, -0.2) is 13.9 Å². The van der Waals surface area contributed by atoms with Crippen molar-refractivity contribution in [3.05, 3.63) is 42.1 Å². The van der Waals surface area contributed by atoms with Gasteiger partial charge in [0.25, 0.3) is 0 Å². The molecule has 7 heteroatoms. The number of carbonyl (C=O) groups is 1. The standard InChI is InChI=1S/C12H13FN4O2/c13-6-7-17-8-11(15-16-17)14-12(18)19-9-10-4-2-1-3-5-10/h1-5,8H,6-7,9H2,(H,14,18). The molecular weight excluding hydrogens is 251 g/mol. The predicted molar refractivity (Wildman–Crippen MR) is 66.2 cm³/mol. The summed E-state index contributed by atoms with van der Waals surface area (Å²) < 4.78 is 18.4. The van der Waals surface area contributed by atoms with Gasteiger partial charge in [0.05, 0.1) is 12.7 Å². The summed E-state index contributed by atoms with van der Waals surface area (Å²) in [5, 5.41) is 9.71. The first kappa shape index (κ1) is 13.0. The summed E-state index contributed by atoms with van der Waals surface area (Å²) in [6.45, 7) is -0.264. The van der Waals surface area contributed by atoms with Gasteiger partial charge in [-0.2, -0.15) is 0 Å². The fourth-order valence-corrected chi connectivity index (χ4v) is 1.42. The first-order valence-electron chi connectivity index (χ1n) is 5.72. The van der Waals surface area contributed by atoms with Gasteiger partial charge in [-0.1, -0.05) is 35.5 Å². The zero-order valence-corrected chi connectivity index (χ0v) is 10.1. The lowest BCUT2D eigenvalue weighted by molar-refractivity contribution is 0.155. The number of anilines is 1. The molecule has 19 heavy (non-hydrogen) atoms. The molecular formula is C12H13FN4O2. The Balaban J connectivity index is 1.80. The van der Waals surface area contributed by atoms with E-state index in [1.54, 1.807) is 0 Å². The Morgan fingerprint density at radius 1 is 1.37 bits per heavy atom. The average Bonchev–Trinajstić information content (AvgIpc) is 2.85. The van der Waals surface area contributed by atoms with E-state index in [4.69, 9.17) is 4.74 Å². The van der Waals surface area contributed by atoms with Crippen LogP contribution in [-0.2, 0) is 17.9 Å². The second-order valence-corrected chi connectivity index (χ2v) is 3.74. The molecule has 1 aromatic heterocycles. The summed E-state index contributed by atoms with van der Waals surface area (Å²) in [5.41, 5.74) is 0.888. The molecule has 1 aromatic carbocycles. The van der Waals surface area contributed by atoms with Crippen LogP contribution in [-0.4, -0.2) is 27.8 Å². The molecule has 0 atom stereocenters. The van der Waals surface area contributed by atoms with Crippen molar-refractivity contribution >= 4 is 11.9 Å². The zero-order valence-electron chi connectivity index (χ0n) is 10.1. The van der Waals surface area contributed by atoms with Crippen LogP contribution in [0.2, 0.25) is 0 Å². The molecule has 1 heterocycles. The van der Waals surface area contributed by atoms with Crippen LogP contribution in [0.4, 0.5) is 15.0 Å². The van der Waals surface area contributed by atoms with E-state index in [0.29, 0.717) is 0 Å². The molecule has 0 saturated heterocycles. The highest BCUT2D eigenvalue weighted by Crippen LogP contribution is 2.04. The topological polar surface area (TPSA) is 69.0 Å². The molecule has 2 aromatic rings. The summed E-state index contributed by atoms with van der Waals surface area (Å²) in [6.07, 6.45) is 0.805. The van der Waals surface area contributed by atoms with E-state index < -0.39 is 12.8 Å². The first-order chi connectivity index (χ1) is 9.28. The Hall–Kier alpha value is -2.44. The highest BCUT2D eigenvalue weighted by molar-refractivity contribution is 5.82. The molecule has 0 bridgehead atoms. The Morgan fingerprint density at radius 3 is 2.89 bits per heavy atom. The highest BCUT2D eigenvalue weighted by atomic mass is 19.1. The van der Waals surface area contributed by atoms with E-state index in [2.05, 4.69) is 15.6 Å². The van der Waals surface area contributed by atoms with E-state index in [1.165, 1.54) is 10.9 Å². The Morgan fingerprint density at radius 2 is 2.16 bits per heavy atom. The number of aromatic nitrogens is 3. The minimum Gasteiger partial charge on any atom is -0.444 e. The Bertz CT molecular complexity index is 530. The molecule has 0 aliphatic heterocycles. The van der Waals surface area contributed by atoms with Gasteiger partial charge in [0.15, 0.2) is 5.82 Å². The smallest absolute Gasteiger partial charge is 0.413 e. The summed E-state index contributed by atoms with van der Waals surface area (Å²) in [5.74, 6) is 0.228. The molecule has 0 fully saturated rings. The Labute approximate surface area is 109 Å². The number of hydrogen-bond acceptors (Lipinski definition) is 4. The van der Waals surface area contributed by atoms with Crippen molar-refractivity contribution in [3.63, 3.8) is 0 Å². The van der Waals surface area contributed by atoms with Crippen LogP contribution in [0.25, 0.3) is 0 Å². The first-order valence-corrected chi connectivity index (χ1v) is 5.72. The van der Waals surface area contributed by atoms with E-state index in [0.717, 1.165) is 5.56 Å². The van der Waals surface area contributed by atoms with Crippen molar-refractivity contribution in [1.29, 1.82) is 0 Å². The van der Waals surface area contributed by atoms with Gasteiger partial charge in [0.1, 0.15) is 13.3 Å². The molecule has 0 aliphatic carbocycles. The van der Waals surface area contributed by atoms with Gasteiger partial charge in [-0.3, -0.25) is 5.32 Å². The summed E-state index contributed by atoms with van der Waals surface area (Å²) in [6, 6.07) is 9.31. The molecule has 0 aliphatic rings. The normalized spacial score (nSPS) is 10.2. The number of benzene rings is 1. The number of halogens is 1. The lowest BCUT2D eigenvalue weighted by Crippen LogP contribution is -2.13. The van der Waals surface area contributed by atoms with Crippen LogP contribution in [0.1, 0.15) is 5.56 Å². The van der Waals surface area contributed by atoms with Crippen LogP contribution < -0.4 is 5.32 Å². The van der Waals surface area contributed by atoms with Gasteiger partial charge in [0, 0.05) is 0 Å². The minimum absolute atomic E-state index is 0.105. The van der Waals surface area contributed by atoms with Crippen molar-refractivity contribution in [2.75, 3.05) is 12.0 Å². The molecule has 0 saturated carbocycles. The number of ether oxygens (including phenoxy) is 1. The lowest BCUT2D eigenvalue weighted by Gasteiger charge is -2.04. The number of nitrogens with one attached hydrogen (secondary N) is 1. The maximum Gasteiger partial charge on any atom is 0.413 e. The summed E-state index contributed by atoms with van der Waals surface area (Å²) in [4.78, 5) is 11.5. The summed E-state index contributed by atoms with van der Waals surface area (Å²) >= 11 is 0. The van der Waals surface area contributed by atoms with E-state index in [-0.39, 0.29) is 19.0 Å². The van der Waals surface area contributed by atoms with Gasteiger partial charge in [-0.05, 0) is 5.56 Å². The second-order valence-electron chi connectivity index (χ2n) is 3.74. The van der Waals surface area contributed by atoms with Crippen molar-refractivity contribution < 1.29 is 13.9 Å². The van der Waals surface area contributed by atoms with Crippen molar-refractivity contribution in [1.82, 2.24) is 15.0 Å². The fraction of sp³-hybridized carbons (Fsp3) is 0.250. The monoisotopic (exact) mass is 264 g/mol. The van der Waals surface area contributed by atoms with Gasteiger partial charge in [-0.15, -0.1) is 5.10 Å². The van der Waals surface area contributed by atoms with E-state index >= 15 is 0 Å². The molecule has 1 amide bonds. The number of alkyl halides is 1. The largest absolute Gasteiger partial charge is 0.444 e. The molecule has 0 unspecified atom stereocenters. The molecule has 6 nitrogen and oxygen atoms in total. The fourth-order valence-electron chi connectivity index (χ4n) is 1.42. The number of aryl methyl sites for hydroxylation is 1. The summed E-state index contributed by atoms with van der Waals surface area (Å²) in [7, 11) is 0. The SMILES string of the molecule is O=C(Nc1cn(CCF)nn1)OCc1ccccc1. The third-order valence-electron chi connectivity index (χ3n) is 2.30. The van der Waals surface area contributed by atoms with E-state index in [9.17, 15) is 9.18 Å². The van der Waals surface area contributed by atoms with Crippen molar-refractivity contribution in [2.24, 2.45) is 0 Å². The molecule has 100 valence electrons. The quantitative estimate of drug-likeness (QED) is 0.896. The lowest BCUT2D eigenvalue weighted by atomic mass is 10.2. The Kier molecular flexibility index (Phi) is 4.44. The average molecular weight is 264 g/mol. The maximum absolute atomic E-state index is 12.1. The maximum atomic E-state index is 12.1. The van der Waals surface area contributed by atoms with Gasteiger partial charge < -0.3 is 4.74 Å². The minimum atomic E-state index is -0.629. The van der Waals surface area contributed by atoms with Crippen LogP contribution >= 0.6 is 0 Å². The predicted octanol–water partition coefficient (Wildman–Crippen LogP) is 2.00. The third kappa shape index (κ3) is 4.06. The van der Waals surface area contributed by atoms with Crippen molar-refractivity contribution in [2.45, 2.75) is 13.2 Å². The molecule has 0 radical (unpaired) electrons. The molecule has 2 rings (SSSR count). The third-order valence-corrected chi connectivity index (χ3v) is 2.30. The van der Waals surface area contributed by atoms with Gasteiger partial charge in [0.2, 0.25) is 0 Å². The highest BCUT2D eigenvalue weighted by Gasteiger charge is 2.07. The van der Waals surface area contributed by atoms with Crippen LogP contribution in [0.15, 0.2) is 36.5 Å². The van der Waals surface area contributed by atoms with Crippen LogP contribution in [0.5, 0.6) is 0 Å². The van der Waals surface area contributed by atoms with E-state index in [1.807, 2.05) is 30.3 Å². The molecule has 0 spiro atoms. The molecule has 1 N–H and O–H groups in total. The van der Waals surface area contributed by atoms with Crippen molar-refractivity contribution in [3.8, 4) is 0 Å². The van der Waals surface area contributed by atoms with Gasteiger partial charge >= 0.3 is 6.09 Å². The van der Waals surface area contributed by atoms with Crippen LogP contribution in [0.3, 0.4) is 0 Å². The number of hydrogen-bond donors (Lipinski definition) is 1. The number of rotatable bonds is 5.